The first-order valence-corrected chi connectivity index (χ1v) is 7.43. The summed E-state index contributed by atoms with van der Waals surface area (Å²) >= 11 is 3.37. The molecule has 2 rings (SSSR count). The summed E-state index contributed by atoms with van der Waals surface area (Å²) in [4.78, 5) is 0. The van der Waals surface area contributed by atoms with E-state index in [2.05, 4.69) is 16.3 Å². The minimum atomic E-state index is 0.669. The first-order valence-electron chi connectivity index (χ1n) is 5.50. The molecule has 1 heterocycles. The van der Waals surface area contributed by atoms with Gasteiger partial charge >= 0.3 is 0 Å². The molecule has 1 aromatic heterocycles. The number of nitrogens with one attached hydrogen (secondary N) is 1. The molecule has 3 nitrogen and oxygen atoms in total. The van der Waals surface area contributed by atoms with Crippen molar-refractivity contribution in [2.75, 3.05) is 29.1 Å². The zero-order valence-corrected chi connectivity index (χ0v) is 10.9. The number of nitrogens with two attached hydrogens (primary N) is 1. The normalized spacial score (nSPS) is 15.0. The molecule has 0 spiro atoms. The van der Waals surface area contributed by atoms with Gasteiger partial charge in [0, 0.05) is 23.6 Å². The second-order valence-electron chi connectivity index (χ2n) is 3.88. The highest BCUT2D eigenvalue weighted by Gasteiger charge is 2.30. The maximum Gasteiger partial charge on any atom is 0.142 e. The van der Waals surface area contributed by atoms with Gasteiger partial charge in [-0.15, -0.1) is 6.58 Å². The van der Waals surface area contributed by atoms with Crippen LogP contribution in [0.15, 0.2) is 12.7 Å². The minimum absolute atomic E-state index is 0.669. The van der Waals surface area contributed by atoms with E-state index in [1.165, 1.54) is 34.9 Å². The van der Waals surface area contributed by atoms with Crippen molar-refractivity contribution >= 4 is 34.1 Å². The molecule has 88 valence electrons. The van der Waals surface area contributed by atoms with Crippen LogP contribution in [0.2, 0.25) is 0 Å². The predicted molar refractivity (Wildman–Crippen MR) is 74.5 cm³/mol. The molecular weight excluding hydrogens is 238 g/mol. The van der Waals surface area contributed by atoms with Crippen LogP contribution in [0.5, 0.6) is 0 Å². The number of nitrogens with zero attached hydrogens (tertiary/aromatic N) is 1. The van der Waals surface area contributed by atoms with Gasteiger partial charge in [-0.25, -0.2) is 0 Å². The van der Waals surface area contributed by atoms with Crippen LogP contribution >= 0.6 is 23.3 Å². The predicted octanol–water partition coefficient (Wildman–Crippen LogP) is 2.93. The van der Waals surface area contributed by atoms with Gasteiger partial charge in [-0.2, -0.15) is 16.1 Å². The van der Waals surface area contributed by atoms with Crippen LogP contribution in [0.1, 0.15) is 24.3 Å². The lowest BCUT2D eigenvalue weighted by Crippen LogP contribution is -2.04. The van der Waals surface area contributed by atoms with Gasteiger partial charge in [0.15, 0.2) is 0 Å². The third-order valence-electron chi connectivity index (χ3n) is 2.51. The minimum Gasteiger partial charge on any atom is -0.383 e. The summed E-state index contributed by atoms with van der Waals surface area (Å²) in [5, 5.41) is 4.62. The molecule has 16 heavy (non-hydrogen) atoms. The van der Waals surface area contributed by atoms with Crippen LogP contribution in [0.3, 0.4) is 0 Å². The first kappa shape index (κ1) is 11.8. The summed E-state index contributed by atoms with van der Waals surface area (Å²) in [6.07, 6.45) is 4.47. The molecule has 3 N–H and O–H groups in total. The Kier molecular flexibility index (Phi) is 4.12. The quantitative estimate of drug-likeness (QED) is 0.581. The molecule has 0 atom stereocenters. The molecule has 0 aliphatic heterocycles. The van der Waals surface area contributed by atoms with Crippen LogP contribution in [0, 0.1) is 0 Å². The van der Waals surface area contributed by atoms with Gasteiger partial charge in [-0.3, -0.25) is 0 Å². The van der Waals surface area contributed by atoms with Crippen molar-refractivity contribution in [3.05, 3.63) is 18.2 Å². The van der Waals surface area contributed by atoms with Crippen LogP contribution in [0.4, 0.5) is 10.8 Å². The third-order valence-corrected chi connectivity index (χ3v) is 4.31. The summed E-state index contributed by atoms with van der Waals surface area (Å²) < 4.78 is 4.23. The maximum atomic E-state index is 5.88. The Labute approximate surface area is 105 Å². The van der Waals surface area contributed by atoms with Gasteiger partial charge in [0.05, 0.1) is 0 Å². The average Bonchev–Trinajstić information content (AvgIpc) is 3.04. The molecule has 1 saturated carbocycles. The summed E-state index contributed by atoms with van der Waals surface area (Å²) in [6.45, 7) is 4.67. The van der Waals surface area contributed by atoms with E-state index >= 15 is 0 Å². The maximum absolute atomic E-state index is 5.88. The molecule has 1 aliphatic rings. The molecule has 1 fully saturated rings. The first-order chi connectivity index (χ1) is 7.83. The van der Waals surface area contributed by atoms with Gasteiger partial charge in [0.1, 0.15) is 10.8 Å². The van der Waals surface area contributed by atoms with Gasteiger partial charge in [-0.05, 0) is 30.3 Å². The van der Waals surface area contributed by atoms with Crippen LogP contribution in [0.25, 0.3) is 0 Å². The topological polar surface area (TPSA) is 50.9 Å². The smallest absolute Gasteiger partial charge is 0.142 e. The van der Waals surface area contributed by atoms with Crippen molar-refractivity contribution < 1.29 is 0 Å². The Balaban J connectivity index is 1.82. The number of hydrogen-bond donors (Lipinski definition) is 2. The van der Waals surface area contributed by atoms with E-state index in [0.29, 0.717) is 5.92 Å². The molecule has 0 saturated heterocycles. The number of thioether (sulfide) groups is 1. The van der Waals surface area contributed by atoms with Crippen molar-refractivity contribution in [2.24, 2.45) is 0 Å². The lowest BCUT2D eigenvalue weighted by atomic mass is 10.2. The summed E-state index contributed by atoms with van der Waals surface area (Å²) in [6, 6.07) is 0. The molecule has 1 aliphatic carbocycles. The molecular formula is C11H17N3S2. The van der Waals surface area contributed by atoms with E-state index in [1.54, 1.807) is 0 Å². The highest BCUT2D eigenvalue weighted by molar-refractivity contribution is 7.99. The van der Waals surface area contributed by atoms with E-state index in [0.717, 1.165) is 23.9 Å². The highest BCUT2D eigenvalue weighted by atomic mass is 32.2. The molecule has 0 radical (unpaired) electrons. The van der Waals surface area contributed by atoms with Crippen molar-refractivity contribution in [1.82, 2.24) is 4.37 Å². The molecule has 0 unspecified atom stereocenters. The lowest BCUT2D eigenvalue weighted by molar-refractivity contribution is 1.12. The second kappa shape index (κ2) is 5.59. The Bertz CT molecular complexity index is 358. The van der Waals surface area contributed by atoms with Gasteiger partial charge in [-0.1, -0.05) is 6.08 Å². The SMILES string of the molecule is C=CCSCCNc1snc(N)c1C1CC1. The summed E-state index contributed by atoms with van der Waals surface area (Å²) in [5.41, 5.74) is 7.14. The highest BCUT2D eigenvalue weighted by Crippen LogP contribution is 2.47. The fraction of sp³-hybridized carbons (Fsp3) is 0.545. The monoisotopic (exact) mass is 255 g/mol. The van der Waals surface area contributed by atoms with Crippen LogP contribution in [-0.2, 0) is 0 Å². The van der Waals surface area contributed by atoms with Gasteiger partial charge in [0.2, 0.25) is 0 Å². The summed E-state index contributed by atoms with van der Waals surface area (Å²) in [7, 11) is 0. The van der Waals surface area contributed by atoms with Crippen molar-refractivity contribution in [3.8, 4) is 0 Å². The van der Waals surface area contributed by atoms with Gasteiger partial charge in [0.25, 0.3) is 0 Å². The van der Waals surface area contributed by atoms with E-state index in [-0.39, 0.29) is 0 Å². The van der Waals surface area contributed by atoms with Crippen molar-refractivity contribution in [1.29, 1.82) is 0 Å². The zero-order chi connectivity index (χ0) is 11.4. The molecule has 1 aromatic rings. The number of anilines is 2. The zero-order valence-electron chi connectivity index (χ0n) is 9.24. The lowest BCUT2D eigenvalue weighted by Gasteiger charge is -2.05. The summed E-state index contributed by atoms with van der Waals surface area (Å²) in [5.74, 6) is 3.51. The van der Waals surface area contributed by atoms with E-state index < -0.39 is 0 Å². The van der Waals surface area contributed by atoms with E-state index in [4.69, 9.17) is 5.73 Å². The van der Waals surface area contributed by atoms with Crippen LogP contribution < -0.4 is 11.1 Å². The molecule has 0 amide bonds. The van der Waals surface area contributed by atoms with E-state index in [9.17, 15) is 0 Å². The number of nitrogen functional groups attached to an aromatic ring is 1. The fourth-order valence-corrected chi connectivity index (χ4v) is 3.01. The Morgan fingerprint density at radius 2 is 2.44 bits per heavy atom. The van der Waals surface area contributed by atoms with Crippen LogP contribution in [-0.4, -0.2) is 22.4 Å². The molecule has 0 aromatic carbocycles. The van der Waals surface area contributed by atoms with E-state index in [1.807, 2.05) is 17.8 Å². The number of aromatic nitrogens is 1. The number of rotatable bonds is 7. The molecule has 5 heteroatoms. The van der Waals surface area contributed by atoms with Crippen molar-refractivity contribution in [3.63, 3.8) is 0 Å². The largest absolute Gasteiger partial charge is 0.383 e. The Morgan fingerprint density at radius 3 is 3.12 bits per heavy atom. The second-order valence-corrected chi connectivity index (χ2v) is 5.80. The standard InChI is InChI=1S/C11H17N3S2/c1-2-6-15-7-5-13-11-9(8-3-4-8)10(12)14-16-11/h2,8,13H,1,3-7H2,(H2,12,14). The van der Waals surface area contributed by atoms with Crippen molar-refractivity contribution in [2.45, 2.75) is 18.8 Å². The molecule has 0 bridgehead atoms. The Morgan fingerprint density at radius 1 is 1.62 bits per heavy atom. The third kappa shape index (κ3) is 2.92. The Hall–Kier alpha value is -0.680. The average molecular weight is 255 g/mol. The number of hydrogen-bond acceptors (Lipinski definition) is 5. The fourth-order valence-electron chi connectivity index (χ4n) is 1.61. The van der Waals surface area contributed by atoms with Gasteiger partial charge < -0.3 is 11.1 Å².